The van der Waals surface area contributed by atoms with Crippen LogP contribution < -0.4 is 16.0 Å². The van der Waals surface area contributed by atoms with E-state index in [0.717, 1.165) is 11.3 Å². The lowest BCUT2D eigenvalue weighted by Crippen LogP contribution is -2.31. The number of carbonyl (C=O) groups is 1. The second-order valence-electron chi connectivity index (χ2n) is 7.19. The molecule has 12 heteroatoms. The summed E-state index contributed by atoms with van der Waals surface area (Å²) in [6.45, 7) is 0. The highest BCUT2D eigenvalue weighted by molar-refractivity contribution is 5.92. The van der Waals surface area contributed by atoms with Gasteiger partial charge >= 0.3 is 6.03 Å². The van der Waals surface area contributed by atoms with Gasteiger partial charge in [0.05, 0.1) is 6.04 Å². The lowest BCUT2D eigenvalue weighted by Gasteiger charge is -2.09. The van der Waals surface area contributed by atoms with Gasteiger partial charge in [0.25, 0.3) is 0 Å². The van der Waals surface area contributed by atoms with Gasteiger partial charge in [0.2, 0.25) is 5.95 Å². The summed E-state index contributed by atoms with van der Waals surface area (Å²) in [6, 6.07) is 6.56. The fourth-order valence-electron chi connectivity index (χ4n) is 3.16. The number of amides is 1. The Labute approximate surface area is 175 Å². The molecular formula is C19H19FN10O. The number of aromatic nitrogens is 7. The number of benzene rings is 1. The molecule has 1 aliphatic rings. The molecule has 31 heavy (non-hydrogen) atoms. The van der Waals surface area contributed by atoms with E-state index in [0.29, 0.717) is 29.2 Å². The maximum Gasteiger partial charge on any atom is 0.328 e. The molecule has 0 aliphatic heterocycles. The first-order valence-electron chi connectivity index (χ1n) is 9.62. The van der Waals surface area contributed by atoms with Crippen molar-refractivity contribution >= 4 is 34.6 Å². The Morgan fingerprint density at radius 2 is 2.06 bits per heavy atom. The van der Waals surface area contributed by atoms with Gasteiger partial charge in [0, 0.05) is 31.8 Å². The minimum absolute atomic E-state index is 0.271. The maximum absolute atomic E-state index is 13.2. The number of rotatable bonds is 5. The fraction of sp³-hybridized carbons (Fsp3) is 0.263. The number of carbonyl (C=O) groups excluding carboxylic acids is 1. The number of hydrogen-bond donors (Lipinski definition) is 3. The Morgan fingerprint density at radius 3 is 2.77 bits per heavy atom. The quantitative estimate of drug-likeness (QED) is 0.446. The van der Waals surface area contributed by atoms with Crippen molar-refractivity contribution in [2.45, 2.75) is 18.6 Å². The Balaban J connectivity index is 1.47. The minimum atomic E-state index is -1.00. The van der Waals surface area contributed by atoms with Gasteiger partial charge in [-0.05, 0) is 12.1 Å². The lowest BCUT2D eigenvalue weighted by molar-refractivity contribution is 0.241. The number of anilines is 3. The van der Waals surface area contributed by atoms with Crippen molar-refractivity contribution in [3.8, 4) is 11.4 Å². The Morgan fingerprint density at radius 1 is 1.23 bits per heavy atom. The second-order valence-corrected chi connectivity index (χ2v) is 7.19. The molecule has 158 valence electrons. The van der Waals surface area contributed by atoms with Crippen molar-refractivity contribution in [3.63, 3.8) is 0 Å². The molecule has 1 aromatic carbocycles. The zero-order valence-corrected chi connectivity index (χ0v) is 16.7. The fourth-order valence-corrected chi connectivity index (χ4v) is 3.16. The van der Waals surface area contributed by atoms with Crippen LogP contribution in [0.15, 0.2) is 36.9 Å². The molecule has 11 nitrogen and oxygen atoms in total. The van der Waals surface area contributed by atoms with Crippen molar-refractivity contribution in [2.24, 2.45) is 7.05 Å². The third-order valence-electron chi connectivity index (χ3n) is 4.85. The van der Waals surface area contributed by atoms with Crippen molar-refractivity contribution in [3.05, 3.63) is 36.9 Å². The normalized spacial score (nSPS) is 17.5. The first-order chi connectivity index (χ1) is 15.0. The Hall–Kier alpha value is -4.09. The number of imidazole rings is 1. The highest BCUT2D eigenvalue weighted by atomic mass is 19.1. The molecule has 1 aliphatic carbocycles. The first kappa shape index (κ1) is 18.9. The van der Waals surface area contributed by atoms with E-state index in [1.165, 1.54) is 10.9 Å². The van der Waals surface area contributed by atoms with E-state index in [-0.39, 0.29) is 5.95 Å². The topological polar surface area (TPSA) is 127 Å². The lowest BCUT2D eigenvalue weighted by atomic mass is 10.2. The van der Waals surface area contributed by atoms with Crippen LogP contribution in [-0.4, -0.2) is 59.6 Å². The summed E-state index contributed by atoms with van der Waals surface area (Å²) in [5.41, 5.74) is 2.29. The molecule has 1 fully saturated rings. The molecule has 0 radical (unpaired) electrons. The van der Waals surface area contributed by atoms with Crippen LogP contribution in [-0.2, 0) is 7.05 Å². The summed E-state index contributed by atoms with van der Waals surface area (Å²) in [4.78, 5) is 29.9. The van der Waals surface area contributed by atoms with Crippen molar-refractivity contribution in [1.82, 2.24) is 39.6 Å². The van der Waals surface area contributed by atoms with E-state index in [1.54, 1.807) is 25.1 Å². The largest absolute Gasteiger partial charge is 0.371 e. The van der Waals surface area contributed by atoms with Crippen LogP contribution >= 0.6 is 0 Å². The average molecular weight is 422 g/mol. The highest BCUT2D eigenvalue weighted by Gasteiger charge is 2.39. The van der Waals surface area contributed by atoms with Crippen LogP contribution in [0.2, 0.25) is 0 Å². The monoisotopic (exact) mass is 422 g/mol. The number of fused-ring (bicyclic) bond motifs is 1. The summed E-state index contributed by atoms with van der Waals surface area (Å²) in [5, 5.41) is 13.0. The standard InChI is InChI=1S/C19H19FN10O/c1-21-16-14-17(30(9-22-14)19(31)25-13-7-12(13)20)27-18(26-16)24-11-5-3-4-10(6-11)15-23-8-29(2)28-15/h3-6,8-9,12-13H,7H2,1-2H3,(H,25,31)(H2,21,24,26,27)/t12-,13+/m1/s1. The molecule has 0 spiro atoms. The van der Waals surface area contributed by atoms with Gasteiger partial charge in [0.15, 0.2) is 22.8 Å². The third-order valence-corrected chi connectivity index (χ3v) is 4.85. The smallest absolute Gasteiger partial charge is 0.328 e. The van der Waals surface area contributed by atoms with Crippen LogP contribution in [0.5, 0.6) is 0 Å². The van der Waals surface area contributed by atoms with Gasteiger partial charge in [-0.3, -0.25) is 4.68 Å². The SMILES string of the molecule is CNc1nc(Nc2cccc(-c3ncn(C)n3)c2)nc2c1ncn2C(=O)N[C@H]1C[C@H]1F. The van der Waals surface area contributed by atoms with E-state index in [9.17, 15) is 9.18 Å². The van der Waals surface area contributed by atoms with Gasteiger partial charge in [-0.2, -0.15) is 15.1 Å². The number of aryl methyl sites for hydroxylation is 1. The summed E-state index contributed by atoms with van der Waals surface area (Å²) in [5.74, 6) is 1.32. The van der Waals surface area contributed by atoms with Gasteiger partial charge in [0.1, 0.15) is 18.8 Å². The van der Waals surface area contributed by atoms with Gasteiger partial charge in [-0.25, -0.2) is 23.7 Å². The molecular weight excluding hydrogens is 403 g/mol. The minimum Gasteiger partial charge on any atom is -0.371 e. The summed E-state index contributed by atoms with van der Waals surface area (Å²) in [6.07, 6.45) is 2.30. The van der Waals surface area contributed by atoms with E-state index in [2.05, 4.69) is 41.0 Å². The summed E-state index contributed by atoms with van der Waals surface area (Å²) < 4.78 is 16.1. The molecule has 3 N–H and O–H groups in total. The van der Waals surface area contributed by atoms with Crippen molar-refractivity contribution in [1.29, 1.82) is 0 Å². The van der Waals surface area contributed by atoms with Crippen LogP contribution in [0.3, 0.4) is 0 Å². The molecule has 3 aromatic heterocycles. The van der Waals surface area contributed by atoms with Crippen LogP contribution in [0.1, 0.15) is 6.42 Å². The average Bonchev–Trinajstić information content (AvgIpc) is 3.13. The van der Waals surface area contributed by atoms with Crippen LogP contribution in [0, 0.1) is 0 Å². The van der Waals surface area contributed by atoms with Crippen molar-refractivity contribution in [2.75, 3.05) is 17.7 Å². The Kier molecular flexibility index (Phi) is 4.46. The second kappa shape index (κ2) is 7.31. The molecule has 0 saturated heterocycles. The van der Waals surface area contributed by atoms with E-state index < -0.39 is 18.2 Å². The van der Waals surface area contributed by atoms with Gasteiger partial charge in [-0.15, -0.1) is 0 Å². The van der Waals surface area contributed by atoms with E-state index in [4.69, 9.17) is 0 Å². The maximum atomic E-state index is 13.2. The molecule has 2 atom stereocenters. The molecule has 1 amide bonds. The number of hydrogen-bond acceptors (Lipinski definition) is 8. The predicted molar refractivity (Wildman–Crippen MR) is 112 cm³/mol. The highest BCUT2D eigenvalue weighted by Crippen LogP contribution is 2.27. The summed E-state index contributed by atoms with van der Waals surface area (Å²) >= 11 is 0. The zero-order chi connectivity index (χ0) is 21.5. The Bertz CT molecular complexity index is 1280. The number of alkyl halides is 1. The van der Waals surface area contributed by atoms with Gasteiger partial charge < -0.3 is 16.0 Å². The van der Waals surface area contributed by atoms with E-state index in [1.807, 2.05) is 24.3 Å². The molecule has 5 rings (SSSR count). The molecule has 1 saturated carbocycles. The number of halogens is 1. The third kappa shape index (κ3) is 3.63. The number of nitrogens with zero attached hydrogens (tertiary/aromatic N) is 7. The van der Waals surface area contributed by atoms with Crippen LogP contribution in [0.4, 0.5) is 26.6 Å². The number of nitrogens with one attached hydrogen (secondary N) is 3. The van der Waals surface area contributed by atoms with Crippen LogP contribution in [0.25, 0.3) is 22.6 Å². The van der Waals surface area contributed by atoms with Gasteiger partial charge in [-0.1, -0.05) is 12.1 Å². The molecule has 0 bridgehead atoms. The molecule has 3 heterocycles. The van der Waals surface area contributed by atoms with E-state index >= 15 is 0 Å². The first-order valence-corrected chi connectivity index (χ1v) is 9.62. The zero-order valence-electron chi connectivity index (χ0n) is 16.7. The van der Waals surface area contributed by atoms with Crippen molar-refractivity contribution < 1.29 is 9.18 Å². The molecule has 0 unspecified atom stereocenters. The molecule has 4 aromatic rings. The predicted octanol–water partition coefficient (Wildman–Crippen LogP) is 2.08. The summed E-state index contributed by atoms with van der Waals surface area (Å²) in [7, 11) is 3.51.